The molecule has 0 spiro atoms. The first-order chi connectivity index (χ1) is 7.40. The van der Waals surface area contributed by atoms with Crippen molar-refractivity contribution in [3.05, 3.63) is 0 Å². The highest BCUT2D eigenvalue weighted by molar-refractivity contribution is 5.94. The molecule has 88 valence electrons. The summed E-state index contributed by atoms with van der Waals surface area (Å²) in [5.74, 6) is 4.69. The molecule has 0 aromatic heterocycles. The topological polar surface area (TPSA) is 49.4 Å². The van der Waals surface area contributed by atoms with Gasteiger partial charge in [-0.1, -0.05) is 5.92 Å². The summed E-state index contributed by atoms with van der Waals surface area (Å²) < 4.78 is 0. The summed E-state index contributed by atoms with van der Waals surface area (Å²) in [6, 6.07) is 0.228. The summed E-state index contributed by atoms with van der Waals surface area (Å²) in [5, 5.41) is 2.66. The second kappa shape index (κ2) is 4.56. The van der Waals surface area contributed by atoms with Crippen molar-refractivity contribution in [2.75, 3.05) is 13.1 Å². The lowest BCUT2D eigenvalue weighted by molar-refractivity contribution is -0.161. The number of nitrogens with one attached hydrogen (secondary N) is 1. The number of amides is 2. The molecule has 0 aliphatic carbocycles. The third-order valence-electron chi connectivity index (χ3n) is 2.80. The molecule has 0 radical (unpaired) electrons. The lowest BCUT2D eigenvalue weighted by Crippen LogP contribution is -2.65. The summed E-state index contributed by atoms with van der Waals surface area (Å²) in [6.07, 6.45) is 0. The van der Waals surface area contributed by atoms with Gasteiger partial charge in [0, 0.05) is 19.1 Å². The van der Waals surface area contributed by atoms with Crippen molar-refractivity contribution in [3.63, 3.8) is 0 Å². The van der Waals surface area contributed by atoms with E-state index >= 15 is 0 Å². The van der Waals surface area contributed by atoms with Gasteiger partial charge in [0.15, 0.2) is 0 Å². The van der Waals surface area contributed by atoms with Gasteiger partial charge in [-0.3, -0.25) is 9.59 Å². The number of hydrogen-bond donors (Lipinski definition) is 1. The molecular formula is C12H18N2O2. The van der Waals surface area contributed by atoms with Crippen LogP contribution in [0.1, 0.15) is 27.7 Å². The predicted molar refractivity (Wildman–Crippen MR) is 61.4 cm³/mol. The van der Waals surface area contributed by atoms with Crippen LogP contribution >= 0.6 is 0 Å². The van der Waals surface area contributed by atoms with E-state index in [-0.39, 0.29) is 17.9 Å². The van der Waals surface area contributed by atoms with Crippen LogP contribution in [0.2, 0.25) is 0 Å². The largest absolute Gasteiger partial charge is 0.344 e. The Morgan fingerprint density at radius 2 is 2.25 bits per heavy atom. The average molecular weight is 222 g/mol. The number of rotatable bonds is 3. The van der Waals surface area contributed by atoms with E-state index in [0.717, 1.165) is 0 Å². The quantitative estimate of drug-likeness (QED) is 0.554. The Bertz CT molecular complexity index is 365. The monoisotopic (exact) mass is 222 g/mol. The maximum Gasteiger partial charge on any atom is 0.295 e. The fourth-order valence-electron chi connectivity index (χ4n) is 1.75. The van der Waals surface area contributed by atoms with Crippen LogP contribution in [0.3, 0.4) is 0 Å². The maximum absolute atomic E-state index is 11.8. The first kappa shape index (κ1) is 12.6. The molecule has 1 fully saturated rings. The van der Waals surface area contributed by atoms with E-state index < -0.39 is 5.41 Å². The van der Waals surface area contributed by atoms with E-state index in [1.54, 1.807) is 11.8 Å². The van der Waals surface area contributed by atoms with E-state index in [4.69, 9.17) is 0 Å². The van der Waals surface area contributed by atoms with Gasteiger partial charge in [-0.2, -0.15) is 0 Å². The fourth-order valence-corrected chi connectivity index (χ4v) is 1.75. The van der Waals surface area contributed by atoms with Crippen LogP contribution in [0.15, 0.2) is 0 Å². The molecule has 0 saturated carbocycles. The highest BCUT2D eigenvalue weighted by atomic mass is 16.2. The van der Waals surface area contributed by atoms with Gasteiger partial charge in [-0.05, 0) is 33.6 Å². The number of carbonyl (C=O) groups is 2. The molecule has 0 bridgehead atoms. The Balaban J connectivity index is 2.47. The molecule has 1 aliphatic heterocycles. The molecule has 1 aliphatic rings. The molecule has 4 heteroatoms. The molecule has 4 nitrogen and oxygen atoms in total. The third-order valence-corrected chi connectivity index (χ3v) is 2.80. The van der Waals surface area contributed by atoms with E-state index in [1.165, 1.54) is 0 Å². The summed E-state index contributed by atoms with van der Waals surface area (Å²) in [4.78, 5) is 24.8. The Hall–Kier alpha value is -1.50. The molecule has 0 aromatic carbocycles. The van der Waals surface area contributed by atoms with Gasteiger partial charge >= 0.3 is 0 Å². The predicted octanol–water partition coefficient (Wildman–Crippen LogP) is 0.383. The highest BCUT2D eigenvalue weighted by Gasteiger charge is 2.48. The smallest absolute Gasteiger partial charge is 0.295 e. The molecule has 1 atom stereocenters. The number of carbonyl (C=O) groups excluding carboxylic acids is 2. The van der Waals surface area contributed by atoms with E-state index in [9.17, 15) is 9.59 Å². The highest BCUT2D eigenvalue weighted by Crippen LogP contribution is 2.32. The Labute approximate surface area is 96.4 Å². The summed E-state index contributed by atoms with van der Waals surface area (Å²) in [7, 11) is 0. The first-order valence-corrected chi connectivity index (χ1v) is 5.42. The van der Waals surface area contributed by atoms with Crippen molar-refractivity contribution in [3.8, 4) is 11.8 Å². The summed E-state index contributed by atoms with van der Waals surface area (Å²) in [6.45, 7) is 8.51. The minimum absolute atomic E-state index is 0.104. The van der Waals surface area contributed by atoms with Crippen LogP contribution < -0.4 is 5.32 Å². The first-order valence-electron chi connectivity index (χ1n) is 5.42. The van der Waals surface area contributed by atoms with Gasteiger partial charge in [0.25, 0.3) is 5.91 Å². The molecule has 1 N–H and O–H groups in total. The molecular weight excluding hydrogens is 204 g/mol. The second-order valence-electron chi connectivity index (χ2n) is 4.65. The van der Waals surface area contributed by atoms with Crippen molar-refractivity contribution < 1.29 is 9.59 Å². The number of likely N-dealkylation sites (tertiary alicyclic amines) is 1. The average Bonchev–Trinajstić information content (AvgIpc) is 2.22. The molecule has 16 heavy (non-hydrogen) atoms. The van der Waals surface area contributed by atoms with Crippen molar-refractivity contribution in [1.82, 2.24) is 10.2 Å². The Morgan fingerprint density at radius 1 is 1.62 bits per heavy atom. The molecule has 0 aromatic rings. The van der Waals surface area contributed by atoms with Crippen molar-refractivity contribution in [1.29, 1.82) is 0 Å². The second-order valence-corrected chi connectivity index (χ2v) is 4.65. The van der Waals surface area contributed by atoms with Gasteiger partial charge in [-0.25, -0.2) is 0 Å². The number of hydrogen-bond acceptors (Lipinski definition) is 2. The maximum atomic E-state index is 11.8. The lowest BCUT2D eigenvalue weighted by Gasteiger charge is -2.48. The normalized spacial score (nSPS) is 23.6. The van der Waals surface area contributed by atoms with Gasteiger partial charge in [0.1, 0.15) is 0 Å². The van der Waals surface area contributed by atoms with Gasteiger partial charge in [-0.15, -0.1) is 0 Å². The van der Waals surface area contributed by atoms with Gasteiger partial charge < -0.3 is 10.2 Å². The van der Waals surface area contributed by atoms with Crippen LogP contribution in [0, 0.1) is 17.3 Å². The van der Waals surface area contributed by atoms with E-state index in [1.807, 2.05) is 20.8 Å². The molecule has 1 rings (SSSR count). The van der Waals surface area contributed by atoms with Crippen molar-refractivity contribution in [2.45, 2.75) is 33.7 Å². The Kier molecular flexibility index (Phi) is 3.58. The van der Waals surface area contributed by atoms with Crippen molar-refractivity contribution in [2.24, 2.45) is 5.41 Å². The minimum Gasteiger partial charge on any atom is -0.344 e. The zero-order chi connectivity index (χ0) is 12.3. The van der Waals surface area contributed by atoms with Gasteiger partial charge in [0.05, 0.1) is 5.41 Å². The zero-order valence-electron chi connectivity index (χ0n) is 10.3. The van der Waals surface area contributed by atoms with Crippen LogP contribution in [-0.2, 0) is 9.59 Å². The molecule has 1 heterocycles. The van der Waals surface area contributed by atoms with Crippen LogP contribution in [0.4, 0.5) is 0 Å². The molecule has 1 saturated heterocycles. The van der Waals surface area contributed by atoms with Crippen LogP contribution in [0.5, 0.6) is 0 Å². The fraction of sp³-hybridized carbons (Fsp3) is 0.667. The minimum atomic E-state index is -0.449. The summed E-state index contributed by atoms with van der Waals surface area (Å²) >= 11 is 0. The SMILES string of the molecule is CC#CC(=O)NCC1(C)CN(C(C)C)C1=O. The molecule has 1 unspecified atom stereocenters. The lowest BCUT2D eigenvalue weighted by atomic mass is 9.79. The standard InChI is InChI=1S/C12H18N2O2/c1-5-6-10(15)13-7-12(4)8-14(9(2)3)11(12)16/h9H,7-8H2,1-4H3,(H,13,15). The molecule has 2 amide bonds. The van der Waals surface area contributed by atoms with Crippen LogP contribution in [0.25, 0.3) is 0 Å². The Morgan fingerprint density at radius 3 is 2.69 bits per heavy atom. The third kappa shape index (κ3) is 2.35. The van der Waals surface area contributed by atoms with E-state index in [0.29, 0.717) is 13.1 Å². The van der Waals surface area contributed by atoms with Crippen LogP contribution in [-0.4, -0.2) is 35.8 Å². The van der Waals surface area contributed by atoms with Crippen molar-refractivity contribution >= 4 is 11.8 Å². The summed E-state index contributed by atoms with van der Waals surface area (Å²) in [5.41, 5.74) is -0.449. The van der Waals surface area contributed by atoms with E-state index in [2.05, 4.69) is 17.2 Å². The zero-order valence-corrected chi connectivity index (χ0v) is 10.3. The van der Waals surface area contributed by atoms with Gasteiger partial charge in [0.2, 0.25) is 5.91 Å². The number of nitrogens with zero attached hydrogens (tertiary/aromatic N) is 1. The number of β-lactam (4-membered cyclic amide) rings is 1.